The Morgan fingerprint density at radius 2 is 1.90 bits per heavy atom. The molecular weight excluding hydrogens is 313 g/mol. The zero-order chi connectivity index (χ0) is 15.6. The highest BCUT2D eigenvalue weighted by Gasteiger charge is 2.10. The number of halogens is 2. The molecule has 21 heavy (non-hydrogen) atoms. The van der Waals surface area contributed by atoms with Crippen LogP contribution in [0.2, 0.25) is 5.02 Å². The van der Waals surface area contributed by atoms with Crippen molar-refractivity contribution in [3.8, 4) is 0 Å². The van der Waals surface area contributed by atoms with Crippen LogP contribution < -0.4 is 5.32 Å². The van der Waals surface area contributed by atoms with Crippen LogP contribution in [0.4, 0.5) is 10.1 Å². The van der Waals surface area contributed by atoms with Gasteiger partial charge in [0.15, 0.2) is 9.84 Å². The lowest BCUT2D eigenvalue weighted by molar-refractivity contribution is 0.601. The van der Waals surface area contributed by atoms with Gasteiger partial charge in [0.25, 0.3) is 0 Å². The first-order valence-corrected chi connectivity index (χ1v) is 8.53. The summed E-state index contributed by atoms with van der Waals surface area (Å²) in [5, 5.41) is 3.50. The lowest BCUT2D eigenvalue weighted by Gasteiger charge is -2.12. The topological polar surface area (TPSA) is 46.2 Å². The molecule has 3 nitrogen and oxygen atoms in total. The molecule has 0 aliphatic heterocycles. The molecule has 0 bridgehead atoms. The maximum atomic E-state index is 13.6. The molecule has 0 atom stereocenters. The van der Waals surface area contributed by atoms with Crippen molar-refractivity contribution in [2.75, 3.05) is 11.6 Å². The van der Waals surface area contributed by atoms with E-state index in [4.69, 9.17) is 11.6 Å². The first kappa shape index (κ1) is 15.8. The Morgan fingerprint density at radius 3 is 2.57 bits per heavy atom. The Morgan fingerprint density at radius 1 is 1.19 bits per heavy atom. The minimum Gasteiger partial charge on any atom is -0.381 e. The van der Waals surface area contributed by atoms with Crippen molar-refractivity contribution in [1.29, 1.82) is 0 Å². The second-order valence-electron chi connectivity index (χ2n) is 4.84. The monoisotopic (exact) mass is 327 g/mol. The van der Waals surface area contributed by atoms with Gasteiger partial charge in [0, 0.05) is 29.1 Å². The van der Waals surface area contributed by atoms with Crippen LogP contribution in [0.15, 0.2) is 41.3 Å². The van der Waals surface area contributed by atoms with Gasteiger partial charge in [-0.15, -0.1) is 0 Å². The van der Waals surface area contributed by atoms with Gasteiger partial charge in [-0.1, -0.05) is 17.7 Å². The van der Waals surface area contributed by atoms with E-state index in [9.17, 15) is 12.8 Å². The molecular formula is C15H15ClFNO2S. The summed E-state index contributed by atoms with van der Waals surface area (Å²) < 4.78 is 36.8. The van der Waals surface area contributed by atoms with E-state index in [0.717, 1.165) is 11.8 Å². The SMILES string of the molecule is Cc1ccc(S(C)(=O)=O)cc1NCc1cc(Cl)ccc1F. The summed E-state index contributed by atoms with van der Waals surface area (Å²) in [7, 11) is -3.28. The van der Waals surface area contributed by atoms with E-state index in [2.05, 4.69) is 5.32 Å². The van der Waals surface area contributed by atoms with Crippen LogP contribution in [-0.2, 0) is 16.4 Å². The summed E-state index contributed by atoms with van der Waals surface area (Å²) in [5.74, 6) is -0.358. The van der Waals surface area contributed by atoms with Crippen molar-refractivity contribution in [3.63, 3.8) is 0 Å². The number of rotatable bonds is 4. The standard InChI is InChI=1S/C15H15ClFNO2S/c1-10-3-5-13(21(2,19)20)8-15(10)18-9-11-7-12(16)4-6-14(11)17/h3-8,18H,9H2,1-2H3. The summed E-state index contributed by atoms with van der Waals surface area (Å²) in [6, 6.07) is 9.14. The molecule has 0 saturated carbocycles. The van der Waals surface area contributed by atoms with Crippen LogP contribution in [0, 0.1) is 12.7 Å². The summed E-state index contributed by atoms with van der Waals surface area (Å²) in [4.78, 5) is 0.224. The van der Waals surface area contributed by atoms with Crippen molar-refractivity contribution in [2.45, 2.75) is 18.4 Å². The highest BCUT2D eigenvalue weighted by Crippen LogP contribution is 2.22. The molecule has 0 amide bonds. The highest BCUT2D eigenvalue weighted by molar-refractivity contribution is 7.90. The van der Waals surface area contributed by atoms with Crippen LogP contribution in [0.5, 0.6) is 0 Å². The fourth-order valence-corrected chi connectivity index (χ4v) is 2.73. The Kier molecular flexibility index (Phi) is 4.54. The number of anilines is 1. The molecule has 2 rings (SSSR count). The maximum absolute atomic E-state index is 13.6. The molecule has 1 N–H and O–H groups in total. The van der Waals surface area contributed by atoms with Gasteiger partial charge in [0.05, 0.1) is 4.90 Å². The lowest BCUT2D eigenvalue weighted by atomic mass is 10.1. The lowest BCUT2D eigenvalue weighted by Crippen LogP contribution is -2.05. The second-order valence-corrected chi connectivity index (χ2v) is 7.29. The molecule has 0 radical (unpaired) electrons. The number of nitrogens with one attached hydrogen (secondary N) is 1. The fourth-order valence-electron chi connectivity index (χ4n) is 1.89. The molecule has 0 heterocycles. The maximum Gasteiger partial charge on any atom is 0.175 e. The molecule has 0 aliphatic rings. The van der Waals surface area contributed by atoms with Crippen molar-refractivity contribution >= 4 is 27.1 Å². The third kappa shape index (κ3) is 3.95. The largest absolute Gasteiger partial charge is 0.381 e. The predicted molar refractivity (Wildman–Crippen MR) is 83.0 cm³/mol. The van der Waals surface area contributed by atoms with E-state index in [1.54, 1.807) is 24.3 Å². The zero-order valence-electron chi connectivity index (χ0n) is 11.7. The first-order chi connectivity index (χ1) is 9.77. The van der Waals surface area contributed by atoms with Gasteiger partial charge in [-0.2, -0.15) is 0 Å². The summed E-state index contributed by atoms with van der Waals surface area (Å²) >= 11 is 5.84. The van der Waals surface area contributed by atoms with Gasteiger partial charge in [-0.05, 0) is 42.8 Å². The number of benzene rings is 2. The zero-order valence-corrected chi connectivity index (χ0v) is 13.2. The van der Waals surface area contributed by atoms with Gasteiger partial charge in [-0.25, -0.2) is 12.8 Å². The van der Waals surface area contributed by atoms with Gasteiger partial charge >= 0.3 is 0 Å². The molecule has 2 aromatic carbocycles. The average molecular weight is 328 g/mol. The molecule has 2 aromatic rings. The van der Waals surface area contributed by atoms with Crippen molar-refractivity contribution in [2.24, 2.45) is 0 Å². The molecule has 0 fully saturated rings. The van der Waals surface area contributed by atoms with Crippen LogP contribution in [-0.4, -0.2) is 14.7 Å². The van der Waals surface area contributed by atoms with Crippen LogP contribution in [0.25, 0.3) is 0 Å². The molecule has 6 heteroatoms. The smallest absolute Gasteiger partial charge is 0.175 e. The summed E-state index contributed by atoms with van der Waals surface area (Å²) in [6.45, 7) is 2.07. The second kappa shape index (κ2) is 6.03. The molecule has 112 valence electrons. The Balaban J connectivity index is 2.26. The van der Waals surface area contributed by atoms with E-state index < -0.39 is 9.84 Å². The number of aryl methyl sites for hydroxylation is 1. The minimum atomic E-state index is -3.28. The van der Waals surface area contributed by atoms with Crippen molar-refractivity contribution in [1.82, 2.24) is 0 Å². The first-order valence-electron chi connectivity index (χ1n) is 6.26. The molecule has 0 saturated heterocycles. The number of hydrogen-bond acceptors (Lipinski definition) is 3. The van der Waals surface area contributed by atoms with Crippen LogP contribution >= 0.6 is 11.6 Å². The Labute approximate surface area is 128 Å². The highest BCUT2D eigenvalue weighted by atomic mass is 35.5. The van der Waals surface area contributed by atoms with Crippen LogP contribution in [0.1, 0.15) is 11.1 Å². The Bertz CT molecular complexity index is 775. The van der Waals surface area contributed by atoms with E-state index in [1.165, 1.54) is 12.1 Å². The van der Waals surface area contributed by atoms with Gasteiger partial charge in [-0.3, -0.25) is 0 Å². The van der Waals surface area contributed by atoms with Gasteiger partial charge in [0.2, 0.25) is 0 Å². The van der Waals surface area contributed by atoms with Crippen molar-refractivity contribution < 1.29 is 12.8 Å². The third-order valence-electron chi connectivity index (χ3n) is 3.11. The van der Waals surface area contributed by atoms with E-state index >= 15 is 0 Å². The summed E-state index contributed by atoms with van der Waals surface area (Å²) in [6.07, 6.45) is 1.15. The van der Waals surface area contributed by atoms with E-state index in [1.807, 2.05) is 6.92 Å². The molecule has 0 aliphatic carbocycles. The Hall–Kier alpha value is -1.59. The minimum absolute atomic E-state index is 0.223. The fraction of sp³-hybridized carbons (Fsp3) is 0.200. The van der Waals surface area contributed by atoms with Gasteiger partial charge < -0.3 is 5.32 Å². The molecule has 0 spiro atoms. The summed E-state index contributed by atoms with van der Waals surface area (Å²) in [5.41, 5.74) is 1.95. The molecule has 0 unspecified atom stereocenters. The number of sulfone groups is 1. The van der Waals surface area contributed by atoms with Gasteiger partial charge in [0.1, 0.15) is 5.82 Å². The normalized spacial score (nSPS) is 11.4. The molecule has 0 aromatic heterocycles. The third-order valence-corrected chi connectivity index (χ3v) is 4.46. The quantitative estimate of drug-likeness (QED) is 0.929. The van der Waals surface area contributed by atoms with Crippen molar-refractivity contribution in [3.05, 3.63) is 58.4 Å². The number of hydrogen-bond donors (Lipinski definition) is 1. The average Bonchev–Trinajstić information content (AvgIpc) is 2.40. The van der Waals surface area contributed by atoms with E-state index in [-0.39, 0.29) is 17.3 Å². The van der Waals surface area contributed by atoms with E-state index in [0.29, 0.717) is 16.3 Å². The van der Waals surface area contributed by atoms with Crippen LogP contribution in [0.3, 0.4) is 0 Å². The predicted octanol–water partition coefficient (Wildman–Crippen LogP) is 3.80.